The molecule has 2 nitrogen and oxygen atoms in total. The van der Waals surface area contributed by atoms with Gasteiger partial charge in [-0.1, -0.05) is 12.8 Å². The van der Waals surface area contributed by atoms with Crippen molar-refractivity contribution >= 4 is 5.97 Å². The summed E-state index contributed by atoms with van der Waals surface area (Å²) in [6.07, 6.45) is 14.8. The number of hydrogen-bond donors (Lipinski definition) is 0. The molecular weight excluding hydrogens is 188 g/mol. The van der Waals surface area contributed by atoms with Gasteiger partial charge < -0.3 is 4.74 Å². The van der Waals surface area contributed by atoms with Crippen LogP contribution in [0.4, 0.5) is 0 Å². The lowest BCUT2D eigenvalue weighted by Crippen LogP contribution is -2.37. The molecule has 1 aliphatic heterocycles. The summed E-state index contributed by atoms with van der Waals surface area (Å²) in [5, 5.41) is 0. The predicted octanol–water partition coefficient (Wildman–Crippen LogP) is 2.65. The molecule has 2 atom stereocenters. The highest BCUT2D eigenvalue weighted by atomic mass is 16.5. The maximum Gasteiger partial charge on any atom is 0.321 e. The maximum absolute atomic E-state index is 11.8. The summed E-state index contributed by atoms with van der Waals surface area (Å²) in [7, 11) is 0. The third kappa shape index (κ3) is 1.67. The highest BCUT2D eigenvalue weighted by molar-refractivity contribution is 5.82. The van der Waals surface area contributed by atoms with Crippen molar-refractivity contribution in [2.45, 2.75) is 38.5 Å². The zero-order valence-corrected chi connectivity index (χ0v) is 8.87. The first kappa shape index (κ1) is 10.3. The van der Waals surface area contributed by atoms with Gasteiger partial charge >= 0.3 is 5.97 Å². The molecule has 0 saturated heterocycles. The molecule has 0 aromatic heterocycles. The van der Waals surface area contributed by atoms with Crippen LogP contribution in [0.5, 0.6) is 0 Å². The zero-order valence-electron chi connectivity index (χ0n) is 8.87. The topological polar surface area (TPSA) is 26.3 Å². The molecule has 1 spiro atoms. The third-order valence-corrected chi connectivity index (χ3v) is 3.68. The molecule has 0 aromatic carbocycles. The Morgan fingerprint density at radius 3 is 3.13 bits per heavy atom. The fraction of sp³-hybridized carbons (Fsp3) is 0.615. The molecule has 0 aromatic rings. The number of terminal acetylenes is 1. The first-order chi connectivity index (χ1) is 7.29. The Balaban J connectivity index is 2.15. The van der Waals surface area contributed by atoms with Gasteiger partial charge in [0.15, 0.2) is 0 Å². The standard InChI is InChI=1S/C13H16O2/c1-2-3-6-11-7-4-5-8-13(11)9-10-15-12(13)14/h1,9-11H,3-8H2/t11-,13-/m0/s1. The Bertz CT molecular complexity index is 324. The molecule has 2 aliphatic rings. The normalized spacial score (nSPS) is 34.1. The van der Waals surface area contributed by atoms with E-state index in [4.69, 9.17) is 11.2 Å². The first-order valence-electron chi connectivity index (χ1n) is 5.62. The maximum atomic E-state index is 11.8. The minimum absolute atomic E-state index is 0.0655. The van der Waals surface area contributed by atoms with Gasteiger partial charge in [0.2, 0.25) is 0 Å². The summed E-state index contributed by atoms with van der Waals surface area (Å²) in [6.45, 7) is 0. The van der Waals surface area contributed by atoms with Crippen molar-refractivity contribution < 1.29 is 9.53 Å². The lowest BCUT2D eigenvalue weighted by atomic mass is 9.65. The van der Waals surface area contributed by atoms with Gasteiger partial charge in [0.05, 0.1) is 11.7 Å². The fourth-order valence-corrected chi connectivity index (χ4v) is 2.81. The van der Waals surface area contributed by atoms with Gasteiger partial charge in [0, 0.05) is 6.42 Å². The number of carbonyl (C=O) groups excluding carboxylic acids is 1. The number of cyclic esters (lactones) is 1. The van der Waals surface area contributed by atoms with Gasteiger partial charge in [-0.15, -0.1) is 12.3 Å². The summed E-state index contributed by atoms with van der Waals surface area (Å²) in [6, 6.07) is 0. The monoisotopic (exact) mass is 204 g/mol. The molecule has 0 amide bonds. The average Bonchev–Trinajstić information content (AvgIpc) is 2.60. The van der Waals surface area contributed by atoms with Crippen LogP contribution in [0.3, 0.4) is 0 Å². The molecule has 2 rings (SSSR count). The summed E-state index contributed by atoms with van der Waals surface area (Å²) < 4.78 is 4.99. The minimum Gasteiger partial charge on any atom is -0.434 e. The van der Waals surface area contributed by atoms with Crippen molar-refractivity contribution in [3.63, 3.8) is 0 Å². The largest absolute Gasteiger partial charge is 0.434 e. The van der Waals surface area contributed by atoms with Crippen LogP contribution in [0.15, 0.2) is 12.3 Å². The first-order valence-corrected chi connectivity index (χ1v) is 5.62. The van der Waals surface area contributed by atoms with Crippen molar-refractivity contribution in [3.8, 4) is 12.3 Å². The van der Waals surface area contributed by atoms with E-state index >= 15 is 0 Å². The van der Waals surface area contributed by atoms with Crippen LogP contribution in [0.2, 0.25) is 0 Å². The van der Waals surface area contributed by atoms with E-state index in [1.165, 1.54) is 6.42 Å². The predicted molar refractivity (Wildman–Crippen MR) is 57.7 cm³/mol. The van der Waals surface area contributed by atoms with Crippen LogP contribution >= 0.6 is 0 Å². The van der Waals surface area contributed by atoms with Crippen LogP contribution in [0, 0.1) is 23.7 Å². The van der Waals surface area contributed by atoms with E-state index in [1.807, 2.05) is 6.08 Å². The second kappa shape index (κ2) is 4.10. The van der Waals surface area contributed by atoms with Crippen LogP contribution in [-0.2, 0) is 9.53 Å². The molecule has 1 heterocycles. The number of ether oxygens (including phenoxy) is 1. The van der Waals surface area contributed by atoms with Crippen LogP contribution in [0.25, 0.3) is 0 Å². The van der Waals surface area contributed by atoms with E-state index in [1.54, 1.807) is 6.26 Å². The molecule has 1 saturated carbocycles. The van der Waals surface area contributed by atoms with Crippen LogP contribution in [0.1, 0.15) is 38.5 Å². The molecule has 2 heteroatoms. The van der Waals surface area contributed by atoms with Gasteiger partial charge in [-0.25, -0.2) is 0 Å². The molecule has 1 fully saturated rings. The van der Waals surface area contributed by atoms with E-state index in [9.17, 15) is 4.79 Å². The molecule has 0 radical (unpaired) electrons. The van der Waals surface area contributed by atoms with E-state index < -0.39 is 0 Å². The van der Waals surface area contributed by atoms with Crippen molar-refractivity contribution in [2.24, 2.45) is 11.3 Å². The van der Waals surface area contributed by atoms with E-state index in [0.29, 0.717) is 5.92 Å². The summed E-state index contributed by atoms with van der Waals surface area (Å²) in [4.78, 5) is 11.8. The molecule has 0 unspecified atom stereocenters. The second-order valence-corrected chi connectivity index (χ2v) is 4.43. The second-order valence-electron chi connectivity index (χ2n) is 4.43. The third-order valence-electron chi connectivity index (χ3n) is 3.68. The highest BCUT2D eigenvalue weighted by Crippen LogP contribution is 2.47. The fourth-order valence-electron chi connectivity index (χ4n) is 2.81. The smallest absolute Gasteiger partial charge is 0.321 e. The van der Waals surface area contributed by atoms with Crippen LogP contribution in [-0.4, -0.2) is 5.97 Å². The Labute approximate surface area is 90.7 Å². The molecule has 1 aliphatic carbocycles. The Hall–Kier alpha value is -1.23. The van der Waals surface area contributed by atoms with Crippen molar-refractivity contribution in [1.82, 2.24) is 0 Å². The molecule has 80 valence electrons. The van der Waals surface area contributed by atoms with Gasteiger partial charge in [0.1, 0.15) is 0 Å². The molecule has 15 heavy (non-hydrogen) atoms. The van der Waals surface area contributed by atoms with Crippen molar-refractivity contribution in [2.75, 3.05) is 0 Å². The van der Waals surface area contributed by atoms with Gasteiger partial charge in [-0.05, 0) is 31.3 Å². The van der Waals surface area contributed by atoms with Crippen molar-refractivity contribution in [1.29, 1.82) is 0 Å². The zero-order chi connectivity index (χ0) is 10.7. The number of rotatable bonds is 2. The highest BCUT2D eigenvalue weighted by Gasteiger charge is 2.48. The van der Waals surface area contributed by atoms with Gasteiger partial charge in [-0.3, -0.25) is 4.79 Å². The van der Waals surface area contributed by atoms with Gasteiger partial charge in [-0.2, -0.15) is 0 Å². The average molecular weight is 204 g/mol. The lowest BCUT2D eigenvalue weighted by molar-refractivity contribution is -0.148. The van der Waals surface area contributed by atoms with Crippen molar-refractivity contribution in [3.05, 3.63) is 12.3 Å². The minimum atomic E-state index is -0.338. The van der Waals surface area contributed by atoms with Crippen LogP contribution < -0.4 is 0 Å². The number of carbonyl (C=O) groups is 1. The van der Waals surface area contributed by atoms with E-state index in [0.717, 1.165) is 32.1 Å². The lowest BCUT2D eigenvalue weighted by Gasteiger charge is -2.36. The summed E-state index contributed by atoms with van der Waals surface area (Å²) in [5.41, 5.74) is -0.338. The number of esters is 1. The summed E-state index contributed by atoms with van der Waals surface area (Å²) in [5.74, 6) is 2.98. The quantitative estimate of drug-likeness (QED) is 0.510. The van der Waals surface area contributed by atoms with E-state index in [-0.39, 0.29) is 11.4 Å². The Morgan fingerprint density at radius 1 is 1.60 bits per heavy atom. The Kier molecular flexibility index (Phi) is 2.81. The molecular formula is C13H16O2. The SMILES string of the molecule is C#CCC[C@H]1CCCC[C@]12C=COC2=O. The molecule has 0 bridgehead atoms. The summed E-state index contributed by atoms with van der Waals surface area (Å²) >= 11 is 0. The molecule has 0 N–H and O–H groups in total. The van der Waals surface area contributed by atoms with Gasteiger partial charge in [0.25, 0.3) is 0 Å². The number of hydrogen-bond acceptors (Lipinski definition) is 2. The Morgan fingerprint density at radius 2 is 2.47 bits per heavy atom. The van der Waals surface area contributed by atoms with E-state index in [2.05, 4.69) is 5.92 Å².